The zero-order valence-electron chi connectivity index (χ0n) is 12.7. The minimum atomic E-state index is 0.254. The van der Waals surface area contributed by atoms with Gasteiger partial charge in [-0.2, -0.15) is 0 Å². The van der Waals surface area contributed by atoms with Gasteiger partial charge in [-0.05, 0) is 31.8 Å². The number of H-pyrrole nitrogens is 1. The lowest BCUT2D eigenvalue weighted by Crippen LogP contribution is -2.21. The van der Waals surface area contributed by atoms with Crippen LogP contribution in [0.3, 0.4) is 0 Å². The molecule has 6 nitrogen and oxygen atoms in total. The SMILES string of the molecule is CN(C)CCNc1ncnc2[nH]cc(-c3ccc(O)cc3)c12. The lowest BCUT2D eigenvalue weighted by atomic mass is 10.1. The van der Waals surface area contributed by atoms with Crippen molar-refractivity contribution in [1.29, 1.82) is 0 Å². The zero-order chi connectivity index (χ0) is 15.5. The molecule has 0 spiro atoms. The van der Waals surface area contributed by atoms with E-state index in [0.29, 0.717) is 0 Å². The van der Waals surface area contributed by atoms with E-state index in [4.69, 9.17) is 0 Å². The minimum absolute atomic E-state index is 0.254. The number of phenols is 1. The van der Waals surface area contributed by atoms with Crippen LogP contribution in [-0.4, -0.2) is 52.1 Å². The van der Waals surface area contributed by atoms with Gasteiger partial charge in [0, 0.05) is 24.8 Å². The summed E-state index contributed by atoms with van der Waals surface area (Å²) in [5.41, 5.74) is 2.82. The Balaban J connectivity index is 1.99. The van der Waals surface area contributed by atoms with Crippen molar-refractivity contribution in [1.82, 2.24) is 19.9 Å². The van der Waals surface area contributed by atoms with E-state index in [1.807, 2.05) is 32.4 Å². The number of aromatic hydroxyl groups is 1. The summed E-state index contributed by atoms with van der Waals surface area (Å²) in [5.74, 6) is 1.07. The molecule has 0 saturated carbocycles. The van der Waals surface area contributed by atoms with Crippen LogP contribution < -0.4 is 5.32 Å². The fourth-order valence-electron chi connectivity index (χ4n) is 2.36. The molecule has 114 valence electrons. The van der Waals surface area contributed by atoms with Crippen LogP contribution in [0, 0.1) is 0 Å². The number of nitrogens with zero attached hydrogens (tertiary/aromatic N) is 3. The fraction of sp³-hybridized carbons (Fsp3) is 0.250. The van der Waals surface area contributed by atoms with Crippen LogP contribution in [0.4, 0.5) is 5.82 Å². The number of fused-ring (bicyclic) bond motifs is 1. The summed E-state index contributed by atoms with van der Waals surface area (Å²) in [6.07, 6.45) is 3.47. The van der Waals surface area contributed by atoms with E-state index in [2.05, 4.69) is 25.2 Å². The second-order valence-corrected chi connectivity index (χ2v) is 5.43. The molecule has 0 aliphatic carbocycles. The summed E-state index contributed by atoms with van der Waals surface area (Å²) in [4.78, 5) is 13.9. The molecular formula is C16H19N5O. The molecule has 1 aromatic carbocycles. The maximum absolute atomic E-state index is 9.44. The first-order chi connectivity index (χ1) is 10.6. The number of hydrogen-bond acceptors (Lipinski definition) is 5. The summed E-state index contributed by atoms with van der Waals surface area (Å²) in [6, 6.07) is 7.12. The molecule has 0 atom stereocenters. The lowest BCUT2D eigenvalue weighted by molar-refractivity contribution is 0.425. The third-order valence-corrected chi connectivity index (χ3v) is 3.50. The van der Waals surface area contributed by atoms with Gasteiger partial charge in [0.1, 0.15) is 23.5 Å². The van der Waals surface area contributed by atoms with Gasteiger partial charge in [0.25, 0.3) is 0 Å². The molecule has 22 heavy (non-hydrogen) atoms. The number of likely N-dealkylation sites (N-methyl/N-ethyl adjacent to an activating group) is 1. The van der Waals surface area contributed by atoms with E-state index in [9.17, 15) is 5.11 Å². The van der Waals surface area contributed by atoms with Gasteiger partial charge < -0.3 is 20.3 Å². The monoisotopic (exact) mass is 297 g/mol. The van der Waals surface area contributed by atoms with Crippen LogP contribution in [-0.2, 0) is 0 Å². The Hall–Kier alpha value is -2.60. The third-order valence-electron chi connectivity index (χ3n) is 3.50. The molecule has 0 radical (unpaired) electrons. The van der Waals surface area contributed by atoms with Crippen LogP contribution in [0.15, 0.2) is 36.8 Å². The molecule has 0 fully saturated rings. The lowest BCUT2D eigenvalue weighted by Gasteiger charge is -2.12. The zero-order valence-corrected chi connectivity index (χ0v) is 12.7. The van der Waals surface area contributed by atoms with Gasteiger partial charge in [-0.25, -0.2) is 9.97 Å². The predicted octanol–water partition coefficient (Wildman–Crippen LogP) is 2.30. The van der Waals surface area contributed by atoms with Crippen LogP contribution in [0.2, 0.25) is 0 Å². The average molecular weight is 297 g/mol. The highest BCUT2D eigenvalue weighted by atomic mass is 16.3. The van der Waals surface area contributed by atoms with Gasteiger partial charge in [0.15, 0.2) is 0 Å². The van der Waals surface area contributed by atoms with Gasteiger partial charge in [0.05, 0.1) is 5.39 Å². The molecule has 6 heteroatoms. The topological polar surface area (TPSA) is 77.1 Å². The van der Waals surface area contributed by atoms with E-state index in [1.165, 1.54) is 0 Å². The van der Waals surface area contributed by atoms with Gasteiger partial charge in [0.2, 0.25) is 0 Å². The normalized spacial score (nSPS) is 11.2. The van der Waals surface area contributed by atoms with Gasteiger partial charge >= 0.3 is 0 Å². The number of rotatable bonds is 5. The van der Waals surface area contributed by atoms with Crippen LogP contribution in [0.25, 0.3) is 22.2 Å². The standard InChI is InChI=1S/C16H19N5O/c1-21(2)8-7-17-15-14-13(9-18-16(14)20-10-19-15)11-3-5-12(22)6-4-11/h3-6,9-10,22H,7-8H2,1-2H3,(H2,17,18,19,20). The largest absolute Gasteiger partial charge is 0.508 e. The molecule has 0 bridgehead atoms. The molecular weight excluding hydrogens is 278 g/mol. The minimum Gasteiger partial charge on any atom is -0.508 e. The van der Waals surface area contributed by atoms with E-state index >= 15 is 0 Å². The Bertz CT molecular complexity index is 764. The number of aromatic nitrogens is 3. The number of anilines is 1. The second-order valence-electron chi connectivity index (χ2n) is 5.43. The Kier molecular flexibility index (Phi) is 3.93. The van der Waals surface area contributed by atoms with E-state index in [0.717, 1.165) is 41.1 Å². The first kappa shape index (κ1) is 14.3. The highest BCUT2D eigenvalue weighted by Crippen LogP contribution is 2.32. The Morgan fingerprint density at radius 1 is 1.18 bits per heavy atom. The molecule has 3 aromatic rings. The molecule has 3 N–H and O–H groups in total. The van der Waals surface area contributed by atoms with Crippen LogP contribution in [0.5, 0.6) is 5.75 Å². The Morgan fingerprint density at radius 2 is 1.95 bits per heavy atom. The van der Waals surface area contributed by atoms with Gasteiger partial charge in [-0.3, -0.25) is 0 Å². The van der Waals surface area contributed by atoms with Crippen molar-refractivity contribution in [2.24, 2.45) is 0 Å². The smallest absolute Gasteiger partial charge is 0.143 e. The maximum atomic E-state index is 9.44. The van der Waals surface area contributed by atoms with Gasteiger partial charge in [-0.15, -0.1) is 0 Å². The van der Waals surface area contributed by atoms with E-state index < -0.39 is 0 Å². The van der Waals surface area contributed by atoms with Crippen molar-refractivity contribution < 1.29 is 5.11 Å². The number of hydrogen-bond donors (Lipinski definition) is 3. The Labute approximate surface area is 128 Å². The molecule has 0 aliphatic heterocycles. The van der Waals surface area contributed by atoms with Crippen molar-refractivity contribution in [3.8, 4) is 16.9 Å². The van der Waals surface area contributed by atoms with Gasteiger partial charge in [-0.1, -0.05) is 12.1 Å². The summed E-state index contributed by atoms with van der Waals surface area (Å²) < 4.78 is 0. The quantitative estimate of drug-likeness (QED) is 0.673. The summed E-state index contributed by atoms with van der Waals surface area (Å²) in [7, 11) is 4.07. The predicted molar refractivity (Wildman–Crippen MR) is 88.0 cm³/mol. The number of aromatic amines is 1. The first-order valence-corrected chi connectivity index (χ1v) is 7.15. The van der Waals surface area contributed by atoms with Crippen molar-refractivity contribution in [2.75, 3.05) is 32.5 Å². The highest BCUT2D eigenvalue weighted by Gasteiger charge is 2.12. The van der Waals surface area contributed by atoms with Crippen molar-refractivity contribution in [3.63, 3.8) is 0 Å². The van der Waals surface area contributed by atoms with Crippen LogP contribution >= 0.6 is 0 Å². The fourth-order valence-corrected chi connectivity index (χ4v) is 2.36. The summed E-state index contributed by atoms with van der Waals surface area (Å²) >= 11 is 0. The van der Waals surface area contributed by atoms with Crippen molar-refractivity contribution in [2.45, 2.75) is 0 Å². The first-order valence-electron chi connectivity index (χ1n) is 7.15. The number of nitrogens with one attached hydrogen (secondary N) is 2. The summed E-state index contributed by atoms with van der Waals surface area (Å²) in [6.45, 7) is 1.73. The molecule has 3 rings (SSSR count). The number of phenolic OH excluding ortho intramolecular Hbond substituents is 1. The molecule has 2 heterocycles. The maximum Gasteiger partial charge on any atom is 0.143 e. The molecule has 0 amide bonds. The second kappa shape index (κ2) is 6.03. The third kappa shape index (κ3) is 2.87. The highest BCUT2D eigenvalue weighted by molar-refractivity contribution is 6.00. The van der Waals surface area contributed by atoms with Crippen molar-refractivity contribution >= 4 is 16.9 Å². The van der Waals surface area contributed by atoms with Crippen LogP contribution in [0.1, 0.15) is 0 Å². The molecule has 2 aromatic heterocycles. The summed E-state index contributed by atoms with van der Waals surface area (Å²) in [5, 5.41) is 13.8. The van der Waals surface area contributed by atoms with E-state index in [-0.39, 0.29) is 5.75 Å². The van der Waals surface area contributed by atoms with Crippen molar-refractivity contribution in [3.05, 3.63) is 36.8 Å². The molecule has 0 unspecified atom stereocenters. The molecule has 0 aliphatic rings. The van der Waals surface area contributed by atoms with E-state index in [1.54, 1.807) is 18.5 Å². The molecule has 0 saturated heterocycles. The number of benzene rings is 1. The average Bonchev–Trinajstić information content (AvgIpc) is 2.93. The Morgan fingerprint density at radius 3 is 2.68 bits per heavy atom.